The Morgan fingerprint density at radius 3 is 2.76 bits per heavy atom. The lowest BCUT2D eigenvalue weighted by Gasteiger charge is -2.23. The van der Waals surface area contributed by atoms with Gasteiger partial charge in [-0.15, -0.1) is 0 Å². The quantitative estimate of drug-likeness (QED) is 0.928. The summed E-state index contributed by atoms with van der Waals surface area (Å²) in [5.74, 6) is 0.126. The average molecular weight is 318 g/mol. The highest BCUT2D eigenvalue weighted by atomic mass is 79.9. The summed E-state index contributed by atoms with van der Waals surface area (Å²) in [5.41, 5.74) is 0.845. The molecule has 0 radical (unpaired) electrons. The highest BCUT2D eigenvalue weighted by Gasteiger charge is 2.27. The topological polar surface area (TPSA) is 46.2 Å². The van der Waals surface area contributed by atoms with E-state index in [-0.39, 0.29) is 11.0 Å². The van der Waals surface area contributed by atoms with E-state index in [1.807, 2.05) is 24.3 Å². The van der Waals surface area contributed by atoms with Crippen molar-refractivity contribution >= 4 is 25.8 Å². The van der Waals surface area contributed by atoms with Crippen molar-refractivity contribution in [2.24, 2.45) is 0 Å². The molecular weight excluding hydrogens is 302 g/mol. The van der Waals surface area contributed by atoms with Crippen LogP contribution in [-0.4, -0.2) is 26.8 Å². The first kappa shape index (κ1) is 13.1. The molecule has 0 aliphatic carbocycles. The van der Waals surface area contributed by atoms with Gasteiger partial charge < -0.3 is 5.32 Å². The van der Waals surface area contributed by atoms with E-state index in [1.165, 1.54) is 0 Å². The Morgan fingerprint density at radius 2 is 2.12 bits per heavy atom. The zero-order valence-electron chi connectivity index (χ0n) is 9.52. The van der Waals surface area contributed by atoms with Gasteiger partial charge in [-0.1, -0.05) is 34.1 Å². The molecule has 1 aromatic rings. The van der Waals surface area contributed by atoms with Crippen LogP contribution in [-0.2, 0) is 15.6 Å². The molecule has 1 unspecified atom stereocenters. The Bertz CT molecular complexity index is 481. The monoisotopic (exact) mass is 317 g/mol. The van der Waals surface area contributed by atoms with E-state index in [0.29, 0.717) is 6.54 Å². The Morgan fingerprint density at radius 1 is 1.35 bits per heavy atom. The maximum atomic E-state index is 12.2. The molecule has 3 nitrogen and oxygen atoms in total. The van der Waals surface area contributed by atoms with Crippen molar-refractivity contribution in [3.63, 3.8) is 0 Å². The Hall–Kier alpha value is -0.390. The summed E-state index contributed by atoms with van der Waals surface area (Å²) in [6.07, 6.45) is 1.72. The average Bonchev–Trinajstić information content (AvgIpc) is 2.33. The Balaban J connectivity index is 2.14. The molecule has 0 spiro atoms. The lowest BCUT2D eigenvalue weighted by Crippen LogP contribution is -2.39. The van der Waals surface area contributed by atoms with Crippen LogP contribution in [0.3, 0.4) is 0 Å². The van der Waals surface area contributed by atoms with Crippen molar-refractivity contribution in [2.45, 2.75) is 23.8 Å². The van der Waals surface area contributed by atoms with E-state index in [9.17, 15) is 8.42 Å². The van der Waals surface area contributed by atoms with Gasteiger partial charge in [-0.05, 0) is 31.0 Å². The van der Waals surface area contributed by atoms with E-state index in [0.717, 1.165) is 29.4 Å². The molecule has 5 heteroatoms. The first-order valence-corrected chi connectivity index (χ1v) is 8.26. The zero-order valence-corrected chi connectivity index (χ0v) is 11.9. The highest BCUT2D eigenvalue weighted by molar-refractivity contribution is 9.10. The molecule has 1 atom stereocenters. The van der Waals surface area contributed by atoms with E-state index in [2.05, 4.69) is 21.2 Å². The van der Waals surface area contributed by atoms with Crippen molar-refractivity contribution in [2.75, 3.05) is 13.1 Å². The number of sulfone groups is 1. The van der Waals surface area contributed by atoms with Gasteiger partial charge in [0.05, 0.1) is 11.0 Å². The molecule has 1 aliphatic rings. The molecule has 1 aromatic carbocycles. The smallest absolute Gasteiger partial charge is 0.158 e. The fraction of sp³-hybridized carbons (Fsp3) is 0.500. The number of nitrogens with one attached hydrogen (secondary N) is 1. The fourth-order valence-electron chi connectivity index (χ4n) is 2.08. The van der Waals surface area contributed by atoms with Crippen LogP contribution in [0.25, 0.3) is 0 Å². The summed E-state index contributed by atoms with van der Waals surface area (Å²) in [6.45, 7) is 1.52. The third-order valence-electron chi connectivity index (χ3n) is 3.07. The van der Waals surface area contributed by atoms with Crippen LogP contribution >= 0.6 is 15.9 Å². The van der Waals surface area contributed by atoms with Crippen LogP contribution in [0.1, 0.15) is 18.4 Å². The Kier molecular flexibility index (Phi) is 4.22. The predicted molar refractivity (Wildman–Crippen MR) is 72.7 cm³/mol. The zero-order chi connectivity index (χ0) is 12.3. The van der Waals surface area contributed by atoms with Crippen molar-refractivity contribution in [3.8, 4) is 0 Å². The molecule has 2 rings (SSSR count). The summed E-state index contributed by atoms with van der Waals surface area (Å²) < 4.78 is 25.4. The third-order valence-corrected chi connectivity index (χ3v) is 5.98. The number of hydrogen-bond donors (Lipinski definition) is 1. The summed E-state index contributed by atoms with van der Waals surface area (Å²) in [7, 11) is -3.05. The standard InChI is InChI=1S/C12H16BrNO2S/c13-12-6-2-1-4-10(12)9-17(15,16)11-5-3-7-14-8-11/h1-2,4,6,11,14H,3,5,7-9H2. The van der Waals surface area contributed by atoms with Gasteiger partial charge in [-0.3, -0.25) is 0 Å². The number of benzene rings is 1. The molecule has 0 saturated carbocycles. The van der Waals surface area contributed by atoms with Gasteiger partial charge in [0.15, 0.2) is 9.84 Å². The Labute approximate surface area is 111 Å². The molecule has 0 aromatic heterocycles. The minimum atomic E-state index is -3.05. The minimum absolute atomic E-state index is 0.126. The van der Waals surface area contributed by atoms with Crippen LogP contribution in [0.2, 0.25) is 0 Å². The van der Waals surface area contributed by atoms with Gasteiger partial charge in [0, 0.05) is 11.0 Å². The SMILES string of the molecule is O=S(=O)(Cc1ccccc1Br)C1CCCNC1. The van der Waals surface area contributed by atoms with E-state index in [1.54, 1.807) is 0 Å². The van der Waals surface area contributed by atoms with Crippen molar-refractivity contribution in [1.29, 1.82) is 0 Å². The lowest BCUT2D eigenvalue weighted by molar-refractivity contribution is 0.496. The summed E-state index contributed by atoms with van der Waals surface area (Å²) in [4.78, 5) is 0. The lowest BCUT2D eigenvalue weighted by atomic mass is 10.2. The summed E-state index contributed by atoms with van der Waals surface area (Å²) >= 11 is 3.39. The second-order valence-electron chi connectivity index (χ2n) is 4.37. The van der Waals surface area contributed by atoms with Gasteiger partial charge in [0.25, 0.3) is 0 Å². The number of hydrogen-bond acceptors (Lipinski definition) is 3. The maximum absolute atomic E-state index is 12.2. The van der Waals surface area contributed by atoms with Crippen LogP contribution in [0.15, 0.2) is 28.7 Å². The third kappa shape index (κ3) is 3.30. The molecule has 1 saturated heterocycles. The van der Waals surface area contributed by atoms with Crippen LogP contribution in [0.4, 0.5) is 0 Å². The van der Waals surface area contributed by atoms with Crippen LogP contribution in [0.5, 0.6) is 0 Å². The number of halogens is 1. The molecule has 94 valence electrons. The molecule has 1 heterocycles. The van der Waals surface area contributed by atoms with Gasteiger partial charge in [0.2, 0.25) is 0 Å². The second-order valence-corrected chi connectivity index (χ2v) is 7.50. The molecular formula is C12H16BrNO2S. The molecule has 1 aliphatic heterocycles. The van der Waals surface area contributed by atoms with Gasteiger partial charge in [0.1, 0.15) is 0 Å². The van der Waals surface area contributed by atoms with Gasteiger partial charge >= 0.3 is 0 Å². The maximum Gasteiger partial charge on any atom is 0.158 e. The first-order chi connectivity index (χ1) is 8.09. The highest BCUT2D eigenvalue weighted by Crippen LogP contribution is 2.22. The molecule has 1 fully saturated rings. The molecule has 17 heavy (non-hydrogen) atoms. The summed E-state index contributed by atoms with van der Waals surface area (Å²) in [5, 5.41) is 2.92. The number of piperidine rings is 1. The van der Waals surface area contributed by atoms with E-state index in [4.69, 9.17) is 0 Å². The van der Waals surface area contributed by atoms with Gasteiger partial charge in [-0.2, -0.15) is 0 Å². The summed E-state index contributed by atoms with van der Waals surface area (Å²) in [6, 6.07) is 7.50. The predicted octanol–water partition coefficient (Wildman–Crippen LogP) is 2.12. The van der Waals surface area contributed by atoms with Crippen LogP contribution < -0.4 is 5.32 Å². The fourth-order valence-corrected chi connectivity index (χ4v) is 4.51. The normalized spacial score (nSPS) is 21.4. The van der Waals surface area contributed by atoms with E-state index < -0.39 is 9.84 Å². The first-order valence-electron chi connectivity index (χ1n) is 5.75. The molecule has 0 amide bonds. The van der Waals surface area contributed by atoms with Gasteiger partial charge in [-0.25, -0.2) is 8.42 Å². The largest absolute Gasteiger partial charge is 0.315 e. The van der Waals surface area contributed by atoms with Crippen molar-refractivity contribution in [3.05, 3.63) is 34.3 Å². The second kappa shape index (κ2) is 5.50. The molecule has 1 N–H and O–H groups in total. The van der Waals surface area contributed by atoms with E-state index >= 15 is 0 Å². The van der Waals surface area contributed by atoms with Crippen molar-refractivity contribution < 1.29 is 8.42 Å². The van der Waals surface area contributed by atoms with Crippen LogP contribution in [0, 0.1) is 0 Å². The molecule has 0 bridgehead atoms. The van der Waals surface area contributed by atoms with Crippen molar-refractivity contribution in [1.82, 2.24) is 5.32 Å². The number of rotatable bonds is 3. The minimum Gasteiger partial charge on any atom is -0.315 e.